The van der Waals surface area contributed by atoms with Crippen molar-refractivity contribution in [1.82, 2.24) is 19.7 Å². The van der Waals surface area contributed by atoms with Crippen LogP contribution in [0, 0.1) is 0 Å². The molecule has 3 aromatic heterocycles. The van der Waals surface area contributed by atoms with Crippen LogP contribution in [0.1, 0.15) is 31.6 Å². The lowest BCUT2D eigenvalue weighted by Crippen LogP contribution is -2.14. The molecular formula is C23H24BrN5OS3. The molecule has 1 amide bonds. The number of halogens is 1. The van der Waals surface area contributed by atoms with Gasteiger partial charge in [-0.05, 0) is 31.0 Å². The molecule has 0 bridgehead atoms. The topological polar surface area (TPSA) is 72.7 Å². The van der Waals surface area contributed by atoms with Gasteiger partial charge >= 0.3 is 0 Å². The molecule has 4 aromatic rings. The first-order valence-corrected chi connectivity index (χ1v) is 14.3. The van der Waals surface area contributed by atoms with E-state index in [0.717, 1.165) is 58.1 Å². The predicted molar refractivity (Wildman–Crippen MR) is 142 cm³/mol. The number of hydrogen-bond acceptors (Lipinski definition) is 7. The first-order valence-electron chi connectivity index (χ1n) is 10.7. The van der Waals surface area contributed by atoms with Gasteiger partial charge in [-0.2, -0.15) is 0 Å². The van der Waals surface area contributed by atoms with Crippen molar-refractivity contribution in [2.75, 3.05) is 11.1 Å². The number of anilines is 1. The third-order valence-corrected chi connectivity index (χ3v) is 8.04. The van der Waals surface area contributed by atoms with Crippen molar-refractivity contribution in [3.63, 3.8) is 0 Å². The Morgan fingerprint density at radius 1 is 1.09 bits per heavy atom. The fourth-order valence-corrected chi connectivity index (χ4v) is 6.01. The summed E-state index contributed by atoms with van der Waals surface area (Å²) in [5.74, 6) is 1.02. The van der Waals surface area contributed by atoms with Crippen LogP contribution >= 0.6 is 50.4 Å². The monoisotopic (exact) mass is 561 g/mol. The number of amides is 1. The molecule has 0 aliphatic heterocycles. The highest BCUT2D eigenvalue weighted by Gasteiger charge is 2.17. The Morgan fingerprint density at radius 2 is 1.91 bits per heavy atom. The Bertz CT molecular complexity index is 1220. The van der Waals surface area contributed by atoms with Crippen LogP contribution in [0.4, 0.5) is 5.13 Å². The highest BCUT2D eigenvalue weighted by Crippen LogP contribution is 2.29. The van der Waals surface area contributed by atoms with Gasteiger partial charge in [0, 0.05) is 37.8 Å². The summed E-state index contributed by atoms with van der Waals surface area (Å²) in [5.41, 5.74) is 2.96. The zero-order chi connectivity index (χ0) is 23.2. The first-order chi connectivity index (χ1) is 16.1. The van der Waals surface area contributed by atoms with Crippen molar-refractivity contribution in [3.05, 3.63) is 50.4 Å². The van der Waals surface area contributed by atoms with E-state index in [1.807, 2.05) is 29.6 Å². The zero-order valence-electron chi connectivity index (χ0n) is 18.4. The van der Waals surface area contributed by atoms with E-state index in [9.17, 15) is 4.79 Å². The van der Waals surface area contributed by atoms with Gasteiger partial charge < -0.3 is 9.88 Å². The van der Waals surface area contributed by atoms with Crippen LogP contribution < -0.4 is 5.32 Å². The van der Waals surface area contributed by atoms with Gasteiger partial charge in [0.05, 0.1) is 11.4 Å². The number of nitrogens with one attached hydrogen (secondary N) is 1. The van der Waals surface area contributed by atoms with Crippen LogP contribution in [0.3, 0.4) is 0 Å². The molecule has 1 N–H and O–H groups in total. The van der Waals surface area contributed by atoms with Gasteiger partial charge in [0.1, 0.15) is 0 Å². The minimum atomic E-state index is -0.106. The molecule has 0 radical (unpaired) electrons. The van der Waals surface area contributed by atoms with E-state index in [2.05, 4.69) is 66.3 Å². The maximum atomic E-state index is 12.6. The third-order valence-electron chi connectivity index (χ3n) is 4.80. The third kappa shape index (κ3) is 6.11. The largest absolute Gasteiger partial charge is 0.302 e. The molecule has 10 heteroatoms. The molecule has 0 unspecified atom stereocenters. The van der Waals surface area contributed by atoms with Crippen LogP contribution in [-0.4, -0.2) is 31.4 Å². The number of nitrogens with zero attached hydrogens (tertiary/aromatic N) is 4. The molecule has 0 atom stereocenters. The van der Waals surface area contributed by atoms with Crippen LogP contribution in [-0.2, 0) is 17.8 Å². The van der Waals surface area contributed by atoms with Crippen molar-refractivity contribution >= 4 is 61.4 Å². The van der Waals surface area contributed by atoms with Gasteiger partial charge in [-0.25, -0.2) is 4.98 Å². The summed E-state index contributed by atoms with van der Waals surface area (Å²) in [7, 11) is 0. The molecule has 0 aliphatic rings. The molecular weight excluding hydrogens is 538 g/mol. The maximum absolute atomic E-state index is 12.6. The summed E-state index contributed by atoms with van der Waals surface area (Å²) in [5, 5.41) is 17.2. The second-order valence-electron chi connectivity index (χ2n) is 7.39. The minimum absolute atomic E-state index is 0.106. The van der Waals surface area contributed by atoms with Crippen molar-refractivity contribution in [2.45, 2.75) is 44.8 Å². The number of aromatic nitrogens is 4. The molecule has 4 rings (SSSR count). The van der Waals surface area contributed by atoms with E-state index in [1.165, 1.54) is 28.0 Å². The van der Waals surface area contributed by atoms with E-state index >= 15 is 0 Å². The second kappa shape index (κ2) is 11.4. The van der Waals surface area contributed by atoms with E-state index in [0.29, 0.717) is 5.13 Å². The van der Waals surface area contributed by atoms with Crippen molar-refractivity contribution < 1.29 is 4.79 Å². The lowest BCUT2D eigenvalue weighted by molar-refractivity contribution is -0.113. The molecule has 0 aliphatic carbocycles. The highest BCUT2D eigenvalue weighted by atomic mass is 79.9. The van der Waals surface area contributed by atoms with Gasteiger partial charge in [-0.3, -0.25) is 4.79 Å². The lowest BCUT2D eigenvalue weighted by atomic mass is 10.2. The van der Waals surface area contributed by atoms with E-state index in [4.69, 9.17) is 0 Å². The number of benzene rings is 1. The SMILES string of the molecule is CCCc1cc(-c2nnc(SCC(=O)Nc3nc(-c4ccc(Br)cc4)cs3)n2CCC)cs1. The second-order valence-corrected chi connectivity index (χ2v) is 11.1. The maximum Gasteiger partial charge on any atom is 0.236 e. The quantitative estimate of drug-likeness (QED) is 0.211. The summed E-state index contributed by atoms with van der Waals surface area (Å²) in [6.45, 7) is 5.13. The van der Waals surface area contributed by atoms with Gasteiger partial charge in [-0.15, -0.1) is 32.9 Å². The molecule has 6 nitrogen and oxygen atoms in total. The van der Waals surface area contributed by atoms with Crippen molar-refractivity contribution in [3.8, 4) is 22.6 Å². The molecule has 0 fully saturated rings. The number of hydrogen-bond donors (Lipinski definition) is 1. The molecule has 0 saturated heterocycles. The van der Waals surface area contributed by atoms with Gasteiger partial charge in [0.2, 0.25) is 5.91 Å². The number of thiazole rings is 1. The van der Waals surface area contributed by atoms with E-state index in [1.54, 1.807) is 11.3 Å². The standard InChI is InChI=1S/C23H24BrN5OS3/c1-3-5-18-11-16(12-31-18)21-27-28-23(29(21)10-4-2)33-14-20(30)26-22-25-19(13-32-22)15-6-8-17(24)9-7-15/h6-9,11-13H,3-5,10,14H2,1-2H3,(H,25,26,30). The normalized spacial score (nSPS) is 11.1. The number of carbonyl (C=O) groups is 1. The summed E-state index contributed by atoms with van der Waals surface area (Å²) < 4.78 is 3.14. The molecule has 172 valence electrons. The van der Waals surface area contributed by atoms with E-state index in [-0.39, 0.29) is 11.7 Å². The Kier molecular flexibility index (Phi) is 8.34. The summed E-state index contributed by atoms with van der Waals surface area (Å²) in [6, 6.07) is 10.2. The number of thioether (sulfide) groups is 1. The Balaban J connectivity index is 1.40. The lowest BCUT2D eigenvalue weighted by Gasteiger charge is -2.08. The summed E-state index contributed by atoms with van der Waals surface area (Å²) in [4.78, 5) is 18.5. The predicted octanol–water partition coefficient (Wildman–Crippen LogP) is 6.99. The number of thiophene rings is 1. The molecule has 0 saturated carbocycles. The summed E-state index contributed by atoms with van der Waals surface area (Å²) >= 11 is 8.03. The zero-order valence-corrected chi connectivity index (χ0v) is 22.4. The van der Waals surface area contributed by atoms with Gasteiger partial charge in [-0.1, -0.05) is 60.1 Å². The first kappa shape index (κ1) is 24.1. The van der Waals surface area contributed by atoms with Crippen LogP contribution in [0.5, 0.6) is 0 Å². The van der Waals surface area contributed by atoms with E-state index < -0.39 is 0 Å². The summed E-state index contributed by atoms with van der Waals surface area (Å²) in [6.07, 6.45) is 3.17. The van der Waals surface area contributed by atoms with Crippen LogP contribution in [0.2, 0.25) is 0 Å². The van der Waals surface area contributed by atoms with Gasteiger partial charge in [0.15, 0.2) is 16.1 Å². The molecule has 3 heterocycles. The number of rotatable bonds is 10. The minimum Gasteiger partial charge on any atom is -0.302 e. The fraction of sp³-hybridized carbons (Fsp3) is 0.304. The Morgan fingerprint density at radius 3 is 2.67 bits per heavy atom. The smallest absolute Gasteiger partial charge is 0.236 e. The number of carbonyl (C=O) groups excluding carboxylic acids is 1. The molecule has 1 aromatic carbocycles. The van der Waals surface area contributed by atoms with Crippen LogP contribution in [0.25, 0.3) is 22.6 Å². The fourth-order valence-electron chi connectivity index (χ4n) is 3.28. The van der Waals surface area contributed by atoms with Crippen LogP contribution in [0.15, 0.2) is 50.7 Å². The average molecular weight is 563 g/mol. The molecule has 33 heavy (non-hydrogen) atoms. The van der Waals surface area contributed by atoms with Crippen molar-refractivity contribution in [2.24, 2.45) is 0 Å². The Labute approximate surface area is 214 Å². The number of aryl methyl sites for hydroxylation is 1. The highest BCUT2D eigenvalue weighted by molar-refractivity contribution is 9.10. The van der Waals surface area contributed by atoms with Crippen molar-refractivity contribution in [1.29, 1.82) is 0 Å². The average Bonchev–Trinajstić information content (AvgIpc) is 3.54. The molecule has 0 spiro atoms. The Hall–Kier alpha value is -2.01. The van der Waals surface area contributed by atoms with Gasteiger partial charge in [0.25, 0.3) is 0 Å².